The summed E-state index contributed by atoms with van der Waals surface area (Å²) >= 11 is 5.96. The van der Waals surface area contributed by atoms with Crippen molar-refractivity contribution in [2.45, 2.75) is 25.9 Å². The minimum absolute atomic E-state index is 0.267. The van der Waals surface area contributed by atoms with Crippen molar-refractivity contribution in [3.05, 3.63) is 23.0 Å². The molecule has 1 aromatic rings. The van der Waals surface area contributed by atoms with Crippen LogP contribution in [-0.2, 0) is 11.3 Å². The van der Waals surface area contributed by atoms with Gasteiger partial charge in [-0.3, -0.25) is 4.79 Å². The summed E-state index contributed by atoms with van der Waals surface area (Å²) in [7, 11) is 0. The van der Waals surface area contributed by atoms with E-state index in [0.717, 1.165) is 6.42 Å². The molecule has 0 aliphatic carbocycles. The molecule has 20 heavy (non-hydrogen) atoms. The van der Waals surface area contributed by atoms with Crippen LogP contribution in [-0.4, -0.2) is 52.1 Å². The van der Waals surface area contributed by atoms with Gasteiger partial charge < -0.3 is 19.9 Å². The molecule has 110 valence electrons. The molecule has 0 spiro atoms. The van der Waals surface area contributed by atoms with Crippen LogP contribution in [0.5, 0.6) is 0 Å². The molecule has 1 fully saturated rings. The Bertz CT molecular complexity index is 515. The van der Waals surface area contributed by atoms with Crippen molar-refractivity contribution < 1.29 is 14.7 Å². The van der Waals surface area contributed by atoms with Gasteiger partial charge in [0.1, 0.15) is 11.7 Å². The van der Waals surface area contributed by atoms with Crippen LogP contribution >= 0.6 is 11.6 Å². The maximum absolute atomic E-state index is 12.6. The second-order valence-corrected chi connectivity index (χ2v) is 5.23. The van der Waals surface area contributed by atoms with Crippen molar-refractivity contribution in [2.24, 2.45) is 0 Å². The Labute approximate surface area is 122 Å². The number of aromatic nitrogens is 1. The quantitative estimate of drug-likeness (QED) is 0.871. The van der Waals surface area contributed by atoms with Crippen molar-refractivity contribution in [1.29, 1.82) is 0 Å². The van der Waals surface area contributed by atoms with E-state index in [4.69, 9.17) is 11.6 Å². The molecule has 6 nitrogen and oxygen atoms in total. The third-order valence-corrected chi connectivity index (χ3v) is 3.54. The third kappa shape index (κ3) is 2.96. The average Bonchev–Trinajstić information content (AvgIpc) is 2.79. The van der Waals surface area contributed by atoms with Crippen LogP contribution in [0.25, 0.3) is 0 Å². The zero-order valence-electron chi connectivity index (χ0n) is 11.3. The van der Waals surface area contributed by atoms with Gasteiger partial charge in [-0.25, -0.2) is 4.79 Å². The summed E-state index contributed by atoms with van der Waals surface area (Å²) in [5.74, 6) is -1.27. The normalized spacial score (nSPS) is 19.1. The number of hydrogen-bond acceptors (Lipinski definition) is 3. The highest BCUT2D eigenvalue weighted by Crippen LogP contribution is 2.18. The third-order valence-electron chi connectivity index (χ3n) is 3.34. The highest BCUT2D eigenvalue weighted by Gasteiger charge is 2.33. The standard InChI is InChI=1S/C13H18ClN3O3/c1-2-4-16-8-9(14)6-10(16)12(18)17-5-3-15-7-11(17)13(19)20/h6,8,11,15H,2-5,7H2,1H3,(H,19,20). The number of aryl methyl sites for hydroxylation is 1. The number of hydrogen-bond donors (Lipinski definition) is 2. The van der Waals surface area contributed by atoms with E-state index in [-0.39, 0.29) is 12.5 Å². The van der Waals surface area contributed by atoms with Gasteiger partial charge in [-0.1, -0.05) is 18.5 Å². The van der Waals surface area contributed by atoms with Gasteiger partial charge in [0.05, 0.1) is 5.02 Å². The lowest BCUT2D eigenvalue weighted by Gasteiger charge is -2.33. The van der Waals surface area contributed by atoms with Crippen LogP contribution in [0.15, 0.2) is 12.3 Å². The molecule has 0 radical (unpaired) electrons. The molecule has 1 saturated heterocycles. The molecule has 1 aliphatic heterocycles. The number of rotatable bonds is 4. The van der Waals surface area contributed by atoms with E-state index in [0.29, 0.717) is 30.4 Å². The predicted octanol–water partition coefficient (Wildman–Crippen LogP) is 1.05. The zero-order chi connectivity index (χ0) is 14.7. The highest BCUT2D eigenvalue weighted by molar-refractivity contribution is 6.31. The molecule has 0 bridgehead atoms. The summed E-state index contributed by atoms with van der Waals surface area (Å²) in [5, 5.41) is 12.7. The number of nitrogens with zero attached hydrogens (tertiary/aromatic N) is 2. The van der Waals surface area contributed by atoms with E-state index in [9.17, 15) is 14.7 Å². The van der Waals surface area contributed by atoms with E-state index in [1.54, 1.807) is 16.8 Å². The van der Waals surface area contributed by atoms with Gasteiger partial charge in [-0.15, -0.1) is 0 Å². The first-order chi connectivity index (χ1) is 9.54. The van der Waals surface area contributed by atoms with Gasteiger partial charge in [-0.05, 0) is 12.5 Å². The summed E-state index contributed by atoms with van der Waals surface area (Å²) in [6, 6.07) is 0.764. The molecular weight excluding hydrogens is 282 g/mol. The number of piperazine rings is 1. The van der Waals surface area contributed by atoms with Gasteiger partial charge in [0.25, 0.3) is 5.91 Å². The molecule has 1 atom stereocenters. The van der Waals surface area contributed by atoms with Gasteiger partial charge in [0.2, 0.25) is 0 Å². The fourth-order valence-electron chi connectivity index (χ4n) is 2.39. The van der Waals surface area contributed by atoms with Gasteiger partial charge in [-0.2, -0.15) is 0 Å². The lowest BCUT2D eigenvalue weighted by molar-refractivity contribution is -0.142. The fraction of sp³-hybridized carbons (Fsp3) is 0.538. The van der Waals surface area contributed by atoms with Crippen molar-refractivity contribution in [1.82, 2.24) is 14.8 Å². The van der Waals surface area contributed by atoms with Crippen molar-refractivity contribution in [3.63, 3.8) is 0 Å². The number of nitrogens with one attached hydrogen (secondary N) is 1. The fourth-order valence-corrected chi connectivity index (χ4v) is 2.62. The Morgan fingerprint density at radius 1 is 1.55 bits per heavy atom. The van der Waals surface area contributed by atoms with E-state index in [1.165, 1.54) is 4.90 Å². The summed E-state index contributed by atoms with van der Waals surface area (Å²) in [5.41, 5.74) is 0.449. The summed E-state index contributed by atoms with van der Waals surface area (Å²) in [6.07, 6.45) is 2.57. The Kier molecular flexibility index (Phi) is 4.67. The lowest BCUT2D eigenvalue weighted by atomic mass is 10.1. The smallest absolute Gasteiger partial charge is 0.327 e. The molecule has 0 aromatic carbocycles. The van der Waals surface area contributed by atoms with Crippen LogP contribution in [0.3, 0.4) is 0 Å². The first kappa shape index (κ1) is 14.9. The predicted molar refractivity (Wildman–Crippen MR) is 75.1 cm³/mol. The topological polar surface area (TPSA) is 74.6 Å². The minimum Gasteiger partial charge on any atom is -0.480 e. The highest BCUT2D eigenvalue weighted by atomic mass is 35.5. The number of aliphatic carboxylic acids is 1. The summed E-state index contributed by atoms with van der Waals surface area (Å²) < 4.78 is 1.78. The van der Waals surface area contributed by atoms with E-state index in [1.807, 2.05) is 6.92 Å². The second-order valence-electron chi connectivity index (χ2n) is 4.79. The molecule has 1 aromatic heterocycles. The average molecular weight is 300 g/mol. The van der Waals surface area contributed by atoms with Crippen LogP contribution < -0.4 is 5.32 Å². The first-order valence-electron chi connectivity index (χ1n) is 6.64. The van der Waals surface area contributed by atoms with Crippen LogP contribution in [0, 0.1) is 0 Å². The van der Waals surface area contributed by atoms with E-state index < -0.39 is 12.0 Å². The first-order valence-corrected chi connectivity index (χ1v) is 7.02. The molecular formula is C13H18ClN3O3. The zero-order valence-corrected chi connectivity index (χ0v) is 12.1. The Hall–Kier alpha value is -1.53. The summed E-state index contributed by atoms with van der Waals surface area (Å²) in [4.78, 5) is 25.2. The molecule has 2 rings (SSSR count). The minimum atomic E-state index is -0.995. The lowest BCUT2D eigenvalue weighted by Crippen LogP contribution is -2.57. The molecule has 0 saturated carbocycles. The number of amides is 1. The van der Waals surface area contributed by atoms with Crippen molar-refractivity contribution >= 4 is 23.5 Å². The molecule has 1 aliphatic rings. The Balaban J connectivity index is 2.27. The molecule has 2 N–H and O–H groups in total. The molecule has 1 unspecified atom stereocenters. The molecule has 1 amide bonds. The molecule has 2 heterocycles. The maximum atomic E-state index is 12.6. The largest absolute Gasteiger partial charge is 0.480 e. The maximum Gasteiger partial charge on any atom is 0.327 e. The van der Waals surface area contributed by atoms with E-state index in [2.05, 4.69) is 5.32 Å². The van der Waals surface area contributed by atoms with Gasteiger partial charge in [0, 0.05) is 32.4 Å². The second kappa shape index (κ2) is 6.28. The number of carboxylic acids is 1. The Morgan fingerprint density at radius 2 is 2.30 bits per heavy atom. The SMILES string of the molecule is CCCn1cc(Cl)cc1C(=O)N1CCNCC1C(=O)O. The Morgan fingerprint density at radius 3 is 2.95 bits per heavy atom. The van der Waals surface area contributed by atoms with Crippen LogP contribution in [0.2, 0.25) is 5.02 Å². The number of carbonyl (C=O) groups excluding carboxylic acids is 1. The van der Waals surface area contributed by atoms with Gasteiger partial charge >= 0.3 is 5.97 Å². The van der Waals surface area contributed by atoms with Crippen LogP contribution in [0.4, 0.5) is 0 Å². The summed E-state index contributed by atoms with van der Waals surface area (Å²) in [6.45, 7) is 3.93. The monoisotopic (exact) mass is 299 g/mol. The number of carboxylic acid groups (broad SMARTS) is 1. The van der Waals surface area contributed by atoms with Crippen LogP contribution in [0.1, 0.15) is 23.8 Å². The number of halogens is 1. The molecule has 7 heteroatoms. The van der Waals surface area contributed by atoms with E-state index >= 15 is 0 Å². The number of carbonyl (C=O) groups is 2. The van der Waals surface area contributed by atoms with Gasteiger partial charge in [0.15, 0.2) is 0 Å². The van der Waals surface area contributed by atoms with Crippen molar-refractivity contribution in [2.75, 3.05) is 19.6 Å². The van der Waals surface area contributed by atoms with Crippen molar-refractivity contribution in [3.8, 4) is 0 Å².